The van der Waals surface area contributed by atoms with Crippen molar-refractivity contribution in [2.45, 2.75) is 58.0 Å². The lowest BCUT2D eigenvalue weighted by Crippen LogP contribution is -2.50. The van der Waals surface area contributed by atoms with Gasteiger partial charge in [-0.25, -0.2) is 0 Å². The third kappa shape index (κ3) is 3.40. The molecule has 2 atom stereocenters. The van der Waals surface area contributed by atoms with Gasteiger partial charge in [-0.05, 0) is 50.5 Å². The third-order valence-electron chi connectivity index (χ3n) is 3.38. The molecule has 3 heteroatoms. The Bertz CT molecular complexity index is 247. The van der Waals surface area contributed by atoms with E-state index in [4.69, 9.17) is 0 Å². The Hall–Kier alpha value is -0.200. The number of nitrogens with zero attached hydrogens (tertiary/aromatic N) is 1. The molecule has 0 aliphatic heterocycles. The maximum Gasteiger partial charge on any atom is 0.109 e. The first-order valence-electron chi connectivity index (χ1n) is 6.41. The van der Waals surface area contributed by atoms with Gasteiger partial charge in [0.25, 0.3) is 0 Å². The number of nitrogens with one attached hydrogen (secondary N) is 1. The molecule has 0 amide bonds. The summed E-state index contributed by atoms with van der Waals surface area (Å²) in [5.74, 6) is 2.94. The predicted octanol–water partition coefficient (Wildman–Crippen LogP) is 3.19. The van der Waals surface area contributed by atoms with Gasteiger partial charge in [0, 0.05) is 6.04 Å². The quantitative estimate of drug-likeness (QED) is 0.724. The van der Waals surface area contributed by atoms with Gasteiger partial charge >= 0.3 is 0 Å². The molecule has 0 bridgehead atoms. The van der Waals surface area contributed by atoms with Crippen molar-refractivity contribution in [2.75, 3.05) is 11.5 Å². The van der Waals surface area contributed by atoms with Crippen LogP contribution in [0.5, 0.6) is 0 Å². The van der Waals surface area contributed by atoms with Crippen LogP contribution in [0.1, 0.15) is 46.5 Å². The standard InChI is InChI=1S/C13H24N2S/c1-4-16-9-7-12-6-5-8-13(12,10-14)15-11(2)3/h11-12,15H,4-9H2,1-3H3. The van der Waals surface area contributed by atoms with E-state index in [0.29, 0.717) is 12.0 Å². The molecule has 0 aromatic rings. The number of hydrogen-bond donors (Lipinski definition) is 1. The second kappa shape index (κ2) is 6.51. The summed E-state index contributed by atoms with van der Waals surface area (Å²) < 4.78 is 0. The lowest BCUT2D eigenvalue weighted by Gasteiger charge is -2.32. The molecule has 1 aliphatic rings. The van der Waals surface area contributed by atoms with Crippen LogP contribution in [0, 0.1) is 17.2 Å². The molecule has 0 radical (unpaired) electrons. The van der Waals surface area contributed by atoms with E-state index in [0.717, 1.165) is 6.42 Å². The summed E-state index contributed by atoms with van der Waals surface area (Å²) in [7, 11) is 0. The minimum absolute atomic E-state index is 0.234. The summed E-state index contributed by atoms with van der Waals surface area (Å²) in [6.07, 6.45) is 4.64. The van der Waals surface area contributed by atoms with E-state index in [9.17, 15) is 5.26 Å². The maximum atomic E-state index is 9.47. The van der Waals surface area contributed by atoms with Crippen molar-refractivity contribution in [3.8, 4) is 6.07 Å². The summed E-state index contributed by atoms with van der Waals surface area (Å²) in [6.45, 7) is 6.47. The van der Waals surface area contributed by atoms with E-state index in [1.54, 1.807) is 0 Å². The second-order valence-corrected chi connectivity index (χ2v) is 6.35. The molecule has 0 aromatic carbocycles. The van der Waals surface area contributed by atoms with Gasteiger partial charge in [0.15, 0.2) is 0 Å². The van der Waals surface area contributed by atoms with E-state index in [-0.39, 0.29) is 5.54 Å². The average molecular weight is 240 g/mol. The fourth-order valence-electron chi connectivity index (χ4n) is 2.72. The first-order valence-corrected chi connectivity index (χ1v) is 7.56. The van der Waals surface area contributed by atoms with E-state index in [1.165, 1.54) is 30.8 Å². The molecule has 0 spiro atoms. The minimum Gasteiger partial charge on any atom is -0.297 e. The lowest BCUT2D eigenvalue weighted by atomic mass is 9.86. The van der Waals surface area contributed by atoms with Crippen LogP contribution in [0.4, 0.5) is 0 Å². The molecule has 0 heterocycles. The number of thioether (sulfide) groups is 1. The van der Waals surface area contributed by atoms with Crippen LogP contribution >= 0.6 is 11.8 Å². The van der Waals surface area contributed by atoms with E-state index in [1.807, 2.05) is 11.8 Å². The third-order valence-corrected chi connectivity index (χ3v) is 4.31. The molecular weight excluding hydrogens is 216 g/mol. The summed E-state index contributed by atoms with van der Waals surface area (Å²) in [5.41, 5.74) is -0.234. The fraction of sp³-hybridized carbons (Fsp3) is 0.923. The number of hydrogen-bond acceptors (Lipinski definition) is 3. The molecule has 1 saturated carbocycles. The molecule has 1 rings (SSSR count). The Morgan fingerprint density at radius 1 is 1.56 bits per heavy atom. The van der Waals surface area contributed by atoms with Crippen LogP contribution in [0.3, 0.4) is 0 Å². The Morgan fingerprint density at radius 3 is 2.88 bits per heavy atom. The highest BCUT2D eigenvalue weighted by Gasteiger charge is 2.42. The Labute approximate surface area is 104 Å². The van der Waals surface area contributed by atoms with Crippen LogP contribution in [0.2, 0.25) is 0 Å². The van der Waals surface area contributed by atoms with Gasteiger partial charge in [-0.15, -0.1) is 0 Å². The molecule has 2 unspecified atom stereocenters. The predicted molar refractivity (Wildman–Crippen MR) is 71.6 cm³/mol. The molecule has 0 saturated heterocycles. The fourth-order valence-corrected chi connectivity index (χ4v) is 3.46. The Morgan fingerprint density at radius 2 is 2.31 bits per heavy atom. The average Bonchev–Trinajstić information content (AvgIpc) is 2.62. The van der Waals surface area contributed by atoms with Crippen LogP contribution in [-0.2, 0) is 0 Å². The highest BCUT2D eigenvalue weighted by Crippen LogP contribution is 2.38. The van der Waals surface area contributed by atoms with Crippen molar-refractivity contribution in [2.24, 2.45) is 5.92 Å². The molecule has 1 fully saturated rings. The summed E-state index contributed by atoms with van der Waals surface area (Å²) in [5, 5.41) is 13.0. The van der Waals surface area contributed by atoms with Crippen molar-refractivity contribution < 1.29 is 0 Å². The SMILES string of the molecule is CCSCCC1CCCC1(C#N)NC(C)C. The zero-order valence-corrected chi connectivity index (χ0v) is 11.6. The zero-order chi connectivity index (χ0) is 12.0. The van der Waals surface area contributed by atoms with Crippen LogP contribution in [0.15, 0.2) is 0 Å². The first-order chi connectivity index (χ1) is 7.64. The number of rotatable bonds is 6. The van der Waals surface area contributed by atoms with Crippen LogP contribution in [-0.4, -0.2) is 23.1 Å². The number of nitriles is 1. The summed E-state index contributed by atoms with van der Waals surface area (Å²) in [4.78, 5) is 0. The molecular formula is C13H24N2S. The van der Waals surface area contributed by atoms with E-state index in [2.05, 4.69) is 32.2 Å². The smallest absolute Gasteiger partial charge is 0.109 e. The van der Waals surface area contributed by atoms with Crippen molar-refractivity contribution in [1.82, 2.24) is 5.32 Å². The molecule has 1 aliphatic carbocycles. The van der Waals surface area contributed by atoms with Gasteiger partial charge in [-0.1, -0.05) is 13.3 Å². The monoisotopic (exact) mass is 240 g/mol. The minimum atomic E-state index is -0.234. The summed E-state index contributed by atoms with van der Waals surface area (Å²) in [6, 6.07) is 2.97. The Balaban J connectivity index is 2.56. The van der Waals surface area contributed by atoms with Gasteiger partial charge in [0.2, 0.25) is 0 Å². The van der Waals surface area contributed by atoms with E-state index < -0.39 is 0 Å². The molecule has 92 valence electrons. The van der Waals surface area contributed by atoms with Gasteiger partial charge in [-0.2, -0.15) is 17.0 Å². The van der Waals surface area contributed by atoms with Gasteiger partial charge in [0.05, 0.1) is 6.07 Å². The van der Waals surface area contributed by atoms with Crippen molar-refractivity contribution >= 4 is 11.8 Å². The van der Waals surface area contributed by atoms with Crippen molar-refractivity contribution in [3.05, 3.63) is 0 Å². The largest absolute Gasteiger partial charge is 0.297 e. The first kappa shape index (κ1) is 13.9. The van der Waals surface area contributed by atoms with Crippen LogP contribution in [0.25, 0.3) is 0 Å². The van der Waals surface area contributed by atoms with E-state index >= 15 is 0 Å². The van der Waals surface area contributed by atoms with Crippen LogP contribution < -0.4 is 5.32 Å². The normalized spacial score (nSPS) is 29.6. The topological polar surface area (TPSA) is 35.8 Å². The summed E-state index contributed by atoms with van der Waals surface area (Å²) >= 11 is 1.99. The molecule has 16 heavy (non-hydrogen) atoms. The lowest BCUT2D eigenvalue weighted by molar-refractivity contribution is 0.289. The van der Waals surface area contributed by atoms with Gasteiger partial charge in [-0.3, -0.25) is 5.32 Å². The maximum absolute atomic E-state index is 9.47. The Kier molecular flexibility index (Phi) is 5.64. The van der Waals surface area contributed by atoms with Gasteiger partial charge in [0.1, 0.15) is 5.54 Å². The highest BCUT2D eigenvalue weighted by atomic mass is 32.2. The molecule has 1 N–H and O–H groups in total. The van der Waals surface area contributed by atoms with Crippen molar-refractivity contribution in [3.63, 3.8) is 0 Å². The van der Waals surface area contributed by atoms with Gasteiger partial charge < -0.3 is 0 Å². The van der Waals surface area contributed by atoms with Crippen molar-refractivity contribution in [1.29, 1.82) is 5.26 Å². The zero-order valence-electron chi connectivity index (χ0n) is 10.8. The molecule has 2 nitrogen and oxygen atoms in total. The second-order valence-electron chi connectivity index (χ2n) is 4.96. The highest BCUT2D eigenvalue weighted by molar-refractivity contribution is 7.99. The molecule has 0 aromatic heterocycles.